The van der Waals surface area contributed by atoms with Crippen LogP contribution in [0.15, 0.2) is 103 Å². The lowest BCUT2D eigenvalue weighted by atomic mass is 9.72. The SMILES string of the molecule is O=C1c2ccccc2C(c2c3ccccc3cc3ccccc23)c2ccccc21. The summed E-state index contributed by atoms with van der Waals surface area (Å²) in [4.78, 5) is 13.2. The largest absolute Gasteiger partial charge is 0.289 e. The maximum Gasteiger partial charge on any atom is 0.193 e. The highest BCUT2D eigenvalue weighted by molar-refractivity contribution is 6.14. The number of hydrogen-bond donors (Lipinski definition) is 0. The molecule has 5 aromatic carbocycles. The van der Waals surface area contributed by atoms with Gasteiger partial charge in [0.25, 0.3) is 0 Å². The van der Waals surface area contributed by atoms with E-state index in [0.717, 1.165) is 22.3 Å². The highest BCUT2D eigenvalue weighted by atomic mass is 16.1. The molecule has 0 atom stereocenters. The molecule has 1 heteroatoms. The Balaban J connectivity index is 1.81. The van der Waals surface area contributed by atoms with Crippen molar-refractivity contribution in [3.05, 3.63) is 131 Å². The standard InChI is InChI=1S/C28H18O/c29-28-24-15-7-5-13-22(24)27(23-14-6-8-16-25(23)28)26-20-11-3-1-9-18(20)17-19-10-2-4-12-21(19)26/h1-17,27H. The van der Waals surface area contributed by atoms with Gasteiger partial charge in [0, 0.05) is 17.0 Å². The maximum absolute atomic E-state index is 13.2. The van der Waals surface area contributed by atoms with Crippen LogP contribution in [0.5, 0.6) is 0 Å². The Hall–Kier alpha value is -3.71. The number of carbonyl (C=O) groups is 1. The second-order valence-corrected chi connectivity index (χ2v) is 7.67. The van der Waals surface area contributed by atoms with E-state index < -0.39 is 0 Å². The minimum atomic E-state index is 0.0242. The molecule has 0 N–H and O–H groups in total. The van der Waals surface area contributed by atoms with E-state index in [4.69, 9.17) is 0 Å². The fourth-order valence-corrected chi connectivity index (χ4v) is 4.89. The summed E-state index contributed by atoms with van der Waals surface area (Å²) >= 11 is 0. The summed E-state index contributed by atoms with van der Waals surface area (Å²) in [6.45, 7) is 0. The Morgan fingerprint density at radius 3 is 1.52 bits per heavy atom. The molecule has 29 heavy (non-hydrogen) atoms. The van der Waals surface area contributed by atoms with Crippen molar-refractivity contribution in [1.29, 1.82) is 0 Å². The van der Waals surface area contributed by atoms with E-state index in [1.54, 1.807) is 0 Å². The summed E-state index contributed by atoms with van der Waals surface area (Å²) in [7, 11) is 0. The Bertz CT molecular complexity index is 1320. The molecule has 0 radical (unpaired) electrons. The highest BCUT2D eigenvalue weighted by Gasteiger charge is 2.33. The fraction of sp³-hybridized carbons (Fsp3) is 0.0357. The summed E-state index contributed by atoms with van der Waals surface area (Å²) in [5.74, 6) is 0.146. The van der Waals surface area contributed by atoms with Gasteiger partial charge in [-0.2, -0.15) is 0 Å². The van der Waals surface area contributed by atoms with E-state index in [-0.39, 0.29) is 11.7 Å². The van der Waals surface area contributed by atoms with Crippen molar-refractivity contribution in [2.45, 2.75) is 5.92 Å². The van der Waals surface area contributed by atoms with E-state index in [0.29, 0.717) is 0 Å². The quantitative estimate of drug-likeness (QED) is 0.294. The summed E-state index contributed by atoms with van der Waals surface area (Å²) in [6.07, 6.45) is 0. The van der Waals surface area contributed by atoms with Gasteiger partial charge in [-0.1, -0.05) is 97.1 Å². The molecule has 0 heterocycles. The lowest BCUT2D eigenvalue weighted by Gasteiger charge is -2.30. The van der Waals surface area contributed by atoms with Gasteiger partial charge in [-0.05, 0) is 44.3 Å². The van der Waals surface area contributed by atoms with Gasteiger partial charge in [0.05, 0.1) is 0 Å². The average Bonchev–Trinajstić information content (AvgIpc) is 2.79. The summed E-state index contributed by atoms with van der Waals surface area (Å²) in [6, 6.07) is 35.6. The van der Waals surface area contributed by atoms with E-state index >= 15 is 0 Å². The van der Waals surface area contributed by atoms with Gasteiger partial charge in [0.1, 0.15) is 0 Å². The van der Waals surface area contributed by atoms with Crippen LogP contribution in [0.25, 0.3) is 21.5 Å². The molecule has 0 spiro atoms. The molecule has 136 valence electrons. The zero-order valence-corrected chi connectivity index (χ0v) is 15.8. The Morgan fingerprint density at radius 2 is 0.966 bits per heavy atom. The number of hydrogen-bond acceptors (Lipinski definition) is 1. The van der Waals surface area contributed by atoms with Crippen LogP contribution in [0.1, 0.15) is 38.5 Å². The van der Waals surface area contributed by atoms with Crippen LogP contribution in [0.2, 0.25) is 0 Å². The van der Waals surface area contributed by atoms with Crippen LogP contribution in [0, 0.1) is 0 Å². The van der Waals surface area contributed by atoms with Gasteiger partial charge in [0.2, 0.25) is 0 Å². The number of fused-ring (bicyclic) bond motifs is 4. The van der Waals surface area contributed by atoms with E-state index in [1.807, 2.05) is 36.4 Å². The molecule has 0 unspecified atom stereocenters. The third-order valence-electron chi connectivity index (χ3n) is 6.13. The average molecular weight is 370 g/mol. The summed E-state index contributed by atoms with van der Waals surface area (Å²) < 4.78 is 0. The molecule has 0 bridgehead atoms. The predicted molar refractivity (Wildman–Crippen MR) is 119 cm³/mol. The molecule has 0 saturated heterocycles. The van der Waals surface area contributed by atoms with Gasteiger partial charge >= 0.3 is 0 Å². The minimum Gasteiger partial charge on any atom is -0.289 e. The van der Waals surface area contributed by atoms with Crippen LogP contribution >= 0.6 is 0 Å². The first kappa shape index (κ1) is 16.3. The molecule has 0 amide bonds. The van der Waals surface area contributed by atoms with Crippen LogP contribution in [0.4, 0.5) is 0 Å². The van der Waals surface area contributed by atoms with Crippen molar-refractivity contribution in [2.24, 2.45) is 0 Å². The second kappa shape index (κ2) is 6.15. The van der Waals surface area contributed by atoms with E-state index in [1.165, 1.54) is 27.1 Å². The number of carbonyl (C=O) groups excluding carboxylic acids is 1. The first-order valence-corrected chi connectivity index (χ1v) is 9.96. The molecular formula is C28H18O. The number of ketones is 1. The smallest absolute Gasteiger partial charge is 0.193 e. The molecule has 0 saturated carbocycles. The third kappa shape index (κ3) is 2.31. The lowest BCUT2D eigenvalue weighted by Crippen LogP contribution is -2.20. The normalized spacial score (nSPS) is 13.4. The van der Waals surface area contributed by atoms with Crippen molar-refractivity contribution < 1.29 is 4.79 Å². The molecule has 6 rings (SSSR count). The lowest BCUT2D eigenvalue weighted by molar-refractivity contribution is 0.103. The van der Waals surface area contributed by atoms with Gasteiger partial charge in [-0.3, -0.25) is 4.79 Å². The molecule has 1 aliphatic rings. The van der Waals surface area contributed by atoms with E-state index in [2.05, 4.69) is 66.7 Å². The predicted octanol–water partition coefficient (Wildman–Crippen LogP) is 6.72. The van der Waals surface area contributed by atoms with Crippen molar-refractivity contribution in [2.75, 3.05) is 0 Å². The second-order valence-electron chi connectivity index (χ2n) is 7.67. The van der Waals surface area contributed by atoms with Crippen LogP contribution < -0.4 is 0 Å². The zero-order chi connectivity index (χ0) is 19.4. The van der Waals surface area contributed by atoms with Crippen molar-refractivity contribution in [3.63, 3.8) is 0 Å². The van der Waals surface area contributed by atoms with Gasteiger partial charge in [-0.25, -0.2) is 0 Å². The Kier molecular flexibility index (Phi) is 3.45. The number of rotatable bonds is 1. The van der Waals surface area contributed by atoms with E-state index in [9.17, 15) is 4.79 Å². The maximum atomic E-state index is 13.2. The summed E-state index contributed by atoms with van der Waals surface area (Å²) in [5.41, 5.74) is 5.10. The third-order valence-corrected chi connectivity index (χ3v) is 6.13. The molecular weight excluding hydrogens is 352 g/mol. The zero-order valence-electron chi connectivity index (χ0n) is 15.8. The molecule has 1 nitrogen and oxygen atoms in total. The van der Waals surface area contributed by atoms with Crippen molar-refractivity contribution in [1.82, 2.24) is 0 Å². The Labute approximate surface area is 169 Å². The highest BCUT2D eigenvalue weighted by Crippen LogP contribution is 2.45. The monoisotopic (exact) mass is 370 g/mol. The first-order chi connectivity index (χ1) is 14.3. The first-order valence-electron chi connectivity index (χ1n) is 9.96. The van der Waals surface area contributed by atoms with Crippen molar-refractivity contribution in [3.8, 4) is 0 Å². The van der Waals surface area contributed by atoms with Gasteiger partial charge < -0.3 is 0 Å². The Morgan fingerprint density at radius 1 is 0.517 bits per heavy atom. The molecule has 1 aliphatic carbocycles. The van der Waals surface area contributed by atoms with Crippen LogP contribution in [-0.4, -0.2) is 5.78 Å². The molecule has 5 aromatic rings. The molecule has 0 fully saturated rings. The molecule has 0 aromatic heterocycles. The fourth-order valence-electron chi connectivity index (χ4n) is 4.89. The number of benzene rings is 5. The van der Waals surface area contributed by atoms with Gasteiger partial charge in [-0.15, -0.1) is 0 Å². The summed E-state index contributed by atoms with van der Waals surface area (Å²) in [5, 5.41) is 4.95. The van der Waals surface area contributed by atoms with Crippen LogP contribution in [-0.2, 0) is 0 Å². The van der Waals surface area contributed by atoms with Crippen molar-refractivity contribution >= 4 is 27.3 Å². The minimum absolute atomic E-state index is 0.0242. The topological polar surface area (TPSA) is 17.1 Å². The molecule has 0 aliphatic heterocycles. The van der Waals surface area contributed by atoms with Gasteiger partial charge in [0.15, 0.2) is 5.78 Å². The van der Waals surface area contributed by atoms with Crippen LogP contribution in [0.3, 0.4) is 0 Å².